The zero-order valence-corrected chi connectivity index (χ0v) is 12.7. The van der Waals surface area contributed by atoms with Crippen molar-refractivity contribution in [3.63, 3.8) is 0 Å². The van der Waals surface area contributed by atoms with Gasteiger partial charge in [0.05, 0.1) is 32.3 Å². The van der Waals surface area contributed by atoms with E-state index in [2.05, 4.69) is 6.58 Å². The molecule has 1 aromatic carbocycles. The smallest absolute Gasteiger partial charge is 0.311 e. The average molecular weight is 292 g/mol. The number of benzene rings is 1. The van der Waals surface area contributed by atoms with Crippen molar-refractivity contribution in [2.24, 2.45) is 11.8 Å². The highest BCUT2D eigenvalue weighted by Gasteiger charge is 2.30. The van der Waals surface area contributed by atoms with Crippen LogP contribution in [0.1, 0.15) is 18.9 Å². The van der Waals surface area contributed by atoms with E-state index >= 15 is 0 Å². The van der Waals surface area contributed by atoms with Crippen molar-refractivity contribution in [1.29, 1.82) is 0 Å². The number of ether oxygens (including phenoxy) is 2. The minimum absolute atomic E-state index is 0.169. The van der Waals surface area contributed by atoms with Gasteiger partial charge in [-0.05, 0) is 12.0 Å². The van der Waals surface area contributed by atoms with Crippen molar-refractivity contribution < 1.29 is 19.4 Å². The summed E-state index contributed by atoms with van der Waals surface area (Å²) in [6.45, 7) is 6.33. The average Bonchev–Trinajstić information content (AvgIpc) is 2.52. The van der Waals surface area contributed by atoms with Gasteiger partial charge >= 0.3 is 5.97 Å². The molecule has 0 radical (unpaired) electrons. The first-order valence-electron chi connectivity index (χ1n) is 7.08. The Kier molecular flexibility index (Phi) is 7.72. The van der Waals surface area contributed by atoms with Crippen LogP contribution >= 0.6 is 0 Å². The topological polar surface area (TPSA) is 55.8 Å². The number of esters is 1. The normalized spacial score (nSPS) is 15.0. The van der Waals surface area contributed by atoms with Crippen LogP contribution < -0.4 is 0 Å². The fourth-order valence-electron chi connectivity index (χ4n) is 2.14. The first-order chi connectivity index (χ1) is 10.1. The molecule has 0 saturated heterocycles. The van der Waals surface area contributed by atoms with Crippen molar-refractivity contribution >= 4 is 5.97 Å². The standard InChI is InChI=1S/C17H24O4/c1-4-8-15(17(19)20-3)16(18)13(2)11-21-12-14-9-6-5-7-10-14/h4-7,9-10,13,15-16,18H,1,8,11-12H2,2-3H3/t13-,15+,16-/m0/s1. The maximum Gasteiger partial charge on any atom is 0.311 e. The summed E-state index contributed by atoms with van der Waals surface area (Å²) < 4.78 is 10.3. The minimum Gasteiger partial charge on any atom is -0.469 e. The zero-order chi connectivity index (χ0) is 15.7. The van der Waals surface area contributed by atoms with Crippen LogP contribution in [-0.4, -0.2) is 30.9 Å². The van der Waals surface area contributed by atoms with E-state index in [9.17, 15) is 9.90 Å². The van der Waals surface area contributed by atoms with E-state index in [1.54, 1.807) is 6.08 Å². The van der Waals surface area contributed by atoms with Crippen LogP contribution in [0.5, 0.6) is 0 Å². The van der Waals surface area contributed by atoms with Crippen LogP contribution in [-0.2, 0) is 20.9 Å². The quantitative estimate of drug-likeness (QED) is 0.561. The molecule has 21 heavy (non-hydrogen) atoms. The highest BCUT2D eigenvalue weighted by Crippen LogP contribution is 2.19. The van der Waals surface area contributed by atoms with Crippen molar-refractivity contribution in [3.8, 4) is 0 Å². The number of carbonyl (C=O) groups is 1. The van der Waals surface area contributed by atoms with Crippen molar-refractivity contribution in [2.45, 2.75) is 26.1 Å². The summed E-state index contributed by atoms with van der Waals surface area (Å²) >= 11 is 0. The third-order valence-electron chi connectivity index (χ3n) is 3.41. The Balaban J connectivity index is 2.46. The molecule has 0 heterocycles. The first kappa shape index (κ1) is 17.4. The largest absolute Gasteiger partial charge is 0.469 e. The number of methoxy groups -OCH3 is 1. The van der Waals surface area contributed by atoms with E-state index in [1.165, 1.54) is 7.11 Å². The van der Waals surface area contributed by atoms with Crippen LogP contribution in [0, 0.1) is 11.8 Å². The monoisotopic (exact) mass is 292 g/mol. The van der Waals surface area contributed by atoms with Gasteiger partial charge in [0.2, 0.25) is 0 Å². The lowest BCUT2D eigenvalue weighted by molar-refractivity contribution is -0.151. The maximum absolute atomic E-state index is 11.7. The molecule has 1 rings (SSSR count). The number of aliphatic hydroxyl groups excluding tert-OH is 1. The third-order valence-corrected chi connectivity index (χ3v) is 3.41. The SMILES string of the molecule is C=CC[C@@H](C(=O)OC)[C@@H](O)[C@@H](C)COCc1ccccc1. The van der Waals surface area contributed by atoms with Gasteiger partial charge in [-0.25, -0.2) is 0 Å². The molecule has 3 atom stereocenters. The summed E-state index contributed by atoms with van der Waals surface area (Å²) in [5.41, 5.74) is 1.08. The molecule has 0 amide bonds. The summed E-state index contributed by atoms with van der Waals surface area (Å²) in [4.78, 5) is 11.7. The second-order valence-electron chi connectivity index (χ2n) is 5.12. The molecule has 0 aromatic heterocycles. The Morgan fingerprint density at radius 3 is 2.62 bits per heavy atom. The molecule has 4 heteroatoms. The molecule has 116 valence electrons. The molecular formula is C17H24O4. The van der Waals surface area contributed by atoms with Gasteiger partial charge in [0.15, 0.2) is 0 Å². The Bertz CT molecular complexity index is 430. The lowest BCUT2D eigenvalue weighted by atomic mass is 9.90. The summed E-state index contributed by atoms with van der Waals surface area (Å²) in [6, 6.07) is 9.82. The molecule has 1 N–H and O–H groups in total. The minimum atomic E-state index is -0.814. The van der Waals surface area contributed by atoms with Crippen LogP contribution in [0.25, 0.3) is 0 Å². The second-order valence-corrected chi connectivity index (χ2v) is 5.12. The van der Waals surface area contributed by atoms with Gasteiger partial charge in [-0.15, -0.1) is 6.58 Å². The fraction of sp³-hybridized carbons (Fsp3) is 0.471. The van der Waals surface area contributed by atoms with Crippen molar-refractivity contribution in [1.82, 2.24) is 0 Å². The van der Waals surface area contributed by atoms with Crippen molar-refractivity contribution in [2.75, 3.05) is 13.7 Å². The summed E-state index contributed by atoms with van der Waals surface area (Å²) in [6.07, 6.45) is 1.19. The lowest BCUT2D eigenvalue weighted by Gasteiger charge is -2.25. The number of hydrogen-bond donors (Lipinski definition) is 1. The molecular weight excluding hydrogens is 268 g/mol. The molecule has 0 saturated carbocycles. The third kappa shape index (κ3) is 5.69. The van der Waals surface area contributed by atoms with Crippen LogP contribution in [0.2, 0.25) is 0 Å². The van der Waals surface area contributed by atoms with Gasteiger partial charge in [-0.1, -0.05) is 43.3 Å². The van der Waals surface area contributed by atoms with Gasteiger partial charge in [0.1, 0.15) is 0 Å². The first-order valence-corrected chi connectivity index (χ1v) is 7.08. The summed E-state index contributed by atoms with van der Waals surface area (Å²) in [7, 11) is 1.32. The van der Waals surface area contributed by atoms with Crippen LogP contribution in [0.4, 0.5) is 0 Å². The number of rotatable bonds is 9. The molecule has 0 aliphatic carbocycles. The van der Waals surface area contributed by atoms with Crippen molar-refractivity contribution in [3.05, 3.63) is 48.6 Å². The molecule has 0 fully saturated rings. The van der Waals surface area contributed by atoms with Gasteiger partial charge in [-0.2, -0.15) is 0 Å². The van der Waals surface area contributed by atoms with E-state index in [1.807, 2.05) is 37.3 Å². The highest BCUT2D eigenvalue weighted by atomic mass is 16.5. The Morgan fingerprint density at radius 1 is 1.38 bits per heavy atom. The Labute approximate surface area is 126 Å². The van der Waals surface area contributed by atoms with E-state index in [0.717, 1.165) is 5.56 Å². The molecule has 0 unspecified atom stereocenters. The number of hydrogen-bond acceptors (Lipinski definition) is 4. The van der Waals surface area contributed by atoms with E-state index in [4.69, 9.17) is 9.47 Å². The fourth-order valence-corrected chi connectivity index (χ4v) is 2.14. The van der Waals surface area contributed by atoms with Gasteiger partial charge < -0.3 is 14.6 Å². The predicted molar refractivity (Wildman–Crippen MR) is 81.6 cm³/mol. The van der Waals surface area contributed by atoms with Gasteiger partial charge in [0.25, 0.3) is 0 Å². The maximum atomic E-state index is 11.7. The number of carbonyl (C=O) groups excluding carboxylic acids is 1. The Morgan fingerprint density at radius 2 is 2.05 bits per heavy atom. The van der Waals surface area contributed by atoms with E-state index in [0.29, 0.717) is 19.6 Å². The second kappa shape index (κ2) is 9.32. The highest BCUT2D eigenvalue weighted by molar-refractivity contribution is 5.73. The summed E-state index contributed by atoms with van der Waals surface area (Å²) in [5, 5.41) is 10.3. The van der Waals surface area contributed by atoms with E-state index in [-0.39, 0.29) is 5.92 Å². The molecule has 4 nitrogen and oxygen atoms in total. The molecule has 0 aliphatic heterocycles. The van der Waals surface area contributed by atoms with Crippen LogP contribution in [0.15, 0.2) is 43.0 Å². The van der Waals surface area contributed by atoms with Gasteiger partial charge in [0, 0.05) is 5.92 Å². The Hall–Kier alpha value is -1.65. The molecule has 0 aliphatic rings. The molecule has 1 aromatic rings. The molecule has 0 bridgehead atoms. The predicted octanol–water partition coefficient (Wildman–Crippen LogP) is 2.57. The summed E-state index contributed by atoms with van der Waals surface area (Å²) in [5.74, 6) is -1.18. The number of allylic oxidation sites excluding steroid dienone is 1. The zero-order valence-electron chi connectivity index (χ0n) is 12.7. The lowest BCUT2D eigenvalue weighted by Crippen LogP contribution is -2.35. The number of aliphatic hydroxyl groups is 1. The molecule has 0 spiro atoms. The van der Waals surface area contributed by atoms with E-state index < -0.39 is 18.0 Å². The van der Waals surface area contributed by atoms with Gasteiger partial charge in [-0.3, -0.25) is 4.79 Å². The van der Waals surface area contributed by atoms with Crippen LogP contribution in [0.3, 0.4) is 0 Å².